The van der Waals surface area contributed by atoms with E-state index < -0.39 is 0 Å². The lowest BCUT2D eigenvalue weighted by molar-refractivity contribution is -0.139. The number of hydrogen-bond acceptors (Lipinski definition) is 5. The smallest absolute Gasteiger partial charge is 0.278 e. The maximum atomic E-state index is 13.1. The van der Waals surface area contributed by atoms with Gasteiger partial charge in [0.1, 0.15) is 11.4 Å². The Labute approximate surface area is 154 Å². The highest BCUT2D eigenvalue weighted by atomic mass is 16.5. The Hall–Kier alpha value is -2.34. The number of nitrogens with zero attached hydrogens (tertiary/aromatic N) is 2. The van der Waals surface area contributed by atoms with E-state index in [-0.39, 0.29) is 30.4 Å². The molecule has 1 atom stereocenters. The van der Waals surface area contributed by atoms with Crippen LogP contribution in [0.4, 0.5) is 0 Å². The van der Waals surface area contributed by atoms with Gasteiger partial charge in [0, 0.05) is 31.3 Å². The number of rotatable bonds is 5. The lowest BCUT2D eigenvalue weighted by Crippen LogP contribution is -2.42. The van der Waals surface area contributed by atoms with Crippen molar-refractivity contribution in [2.24, 2.45) is 5.92 Å². The van der Waals surface area contributed by atoms with Gasteiger partial charge in [-0.05, 0) is 38.7 Å². The first-order valence-corrected chi connectivity index (χ1v) is 9.11. The zero-order valence-corrected chi connectivity index (χ0v) is 15.6. The Kier molecular flexibility index (Phi) is 5.32. The average Bonchev–Trinajstić information content (AvgIpc) is 2.91. The van der Waals surface area contributed by atoms with Crippen molar-refractivity contribution in [1.82, 2.24) is 9.80 Å². The van der Waals surface area contributed by atoms with Gasteiger partial charge in [-0.25, -0.2) is 0 Å². The molecule has 1 aromatic rings. The Bertz CT molecular complexity index is 741. The number of methoxy groups -OCH3 is 1. The van der Waals surface area contributed by atoms with E-state index in [1.54, 1.807) is 13.2 Å². The van der Waals surface area contributed by atoms with Crippen LogP contribution >= 0.6 is 0 Å². The van der Waals surface area contributed by atoms with Crippen molar-refractivity contribution in [3.05, 3.63) is 35.5 Å². The summed E-state index contributed by atoms with van der Waals surface area (Å²) in [4.78, 5) is 29.6. The number of imide groups is 1. The van der Waals surface area contributed by atoms with Crippen LogP contribution in [0.5, 0.6) is 5.75 Å². The fourth-order valence-corrected chi connectivity index (χ4v) is 3.81. The van der Waals surface area contributed by atoms with E-state index in [0.717, 1.165) is 12.8 Å². The van der Waals surface area contributed by atoms with E-state index in [2.05, 4.69) is 0 Å². The average molecular weight is 358 g/mol. The zero-order chi connectivity index (χ0) is 18.8. The van der Waals surface area contributed by atoms with E-state index >= 15 is 0 Å². The quantitative estimate of drug-likeness (QED) is 0.814. The fourth-order valence-electron chi connectivity index (χ4n) is 3.81. The number of aliphatic hydroxyl groups is 1. The van der Waals surface area contributed by atoms with Crippen molar-refractivity contribution < 1.29 is 19.4 Å². The Morgan fingerprint density at radius 3 is 2.62 bits per heavy atom. The molecule has 0 spiro atoms. The SMILES string of the molecule is COc1ccccc1C1=C(N2CCCC(CO)C2)C(=O)N(C(C)C)C1=O. The summed E-state index contributed by atoms with van der Waals surface area (Å²) < 4.78 is 5.44. The molecule has 2 aliphatic rings. The summed E-state index contributed by atoms with van der Waals surface area (Å²) in [7, 11) is 1.56. The number of hydrogen-bond donors (Lipinski definition) is 1. The van der Waals surface area contributed by atoms with Gasteiger partial charge in [0.15, 0.2) is 0 Å². The highest BCUT2D eigenvalue weighted by Crippen LogP contribution is 2.38. The molecule has 1 unspecified atom stereocenters. The van der Waals surface area contributed by atoms with Crippen molar-refractivity contribution >= 4 is 17.4 Å². The third-order valence-corrected chi connectivity index (χ3v) is 5.08. The Morgan fingerprint density at radius 2 is 1.96 bits per heavy atom. The van der Waals surface area contributed by atoms with Gasteiger partial charge in [-0.2, -0.15) is 0 Å². The number of ether oxygens (including phenoxy) is 1. The summed E-state index contributed by atoms with van der Waals surface area (Å²) in [5.41, 5.74) is 1.48. The second-order valence-corrected chi connectivity index (χ2v) is 7.13. The van der Waals surface area contributed by atoms with Crippen molar-refractivity contribution in [2.75, 3.05) is 26.8 Å². The van der Waals surface area contributed by atoms with Crippen LogP contribution in [0.25, 0.3) is 5.57 Å². The normalized spacial score (nSPS) is 21.2. The minimum Gasteiger partial charge on any atom is -0.496 e. The van der Waals surface area contributed by atoms with Gasteiger partial charge in [0.05, 0.1) is 12.7 Å². The predicted octanol–water partition coefficient (Wildman–Crippen LogP) is 1.89. The number of para-hydroxylation sites is 1. The van der Waals surface area contributed by atoms with Crippen LogP contribution in [0.2, 0.25) is 0 Å². The number of amides is 2. The number of piperidine rings is 1. The van der Waals surface area contributed by atoms with Gasteiger partial charge < -0.3 is 14.7 Å². The molecule has 6 heteroatoms. The van der Waals surface area contributed by atoms with Gasteiger partial charge in [-0.15, -0.1) is 0 Å². The molecule has 0 aromatic heterocycles. The first-order valence-electron chi connectivity index (χ1n) is 9.11. The highest BCUT2D eigenvalue weighted by molar-refractivity contribution is 6.36. The lowest BCUT2D eigenvalue weighted by Gasteiger charge is -2.34. The highest BCUT2D eigenvalue weighted by Gasteiger charge is 2.44. The van der Waals surface area contributed by atoms with Gasteiger partial charge in [-0.1, -0.05) is 18.2 Å². The van der Waals surface area contributed by atoms with E-state index in [0.29, 0.717) is 35.7 Å². The van der Waals surface area contributed by atoms with Gasteiger partial charge in [0.25, 0.3) is 11.8 Å². The van der Waals surface area contributed by atoms with Gasteiger partial charge in [-0.3, -0.25) is 14.5 Å². The van der Waals surface area contributed by atoms with Crippen LogP contribution in [0, 0.1) is 5.92 Å². The molecule has 6 nitrogen and oxygen atoms in total. The molecule has 1 aromatic carbocycles. The monoisotopic (exact) mass is 358 g/mol. The predicted molar refractivity (Wildman–Crippen MR) is 98.3 cm³/mol. The topological polar surface area (TPSA) is 70.1 Å². The summed E-state index contributed by atoms with van der Waals surface area (Å²) in [5.74, 6) is 0.147. The molecule has 0 saturated carbocycles. The summed E-state index contributed by atoms with van der Waals surface area (Å²) in [6.07, 6.45) is 1.82. The Morgan fingerprint density at radius 1 is 1.23 bits per heavy atom. The Balaban J connectivity index is 2.13. The molecule has 2 amide bonds. The standard InChI is InChI=1S/C20H26N2O4/c1-13(2)22-19(24)17(15-8-4-5-9-16(15)26-3)18(20(22)25)21-10-6-7-14(11-21)12-23/h4-5,8-9,13-14,23H,6-7,10-12H2,1-3H3. The van der Waals surface area contributed by atoms with Crippen molar-refractivity contribution in [1.29, 1.82) is 0 Å². The van der Waals surface area contributed by atoms with Crippen LogP contribution in [-0.4, -0.2) is 59.6 Å². The minimum absolute atomic E-state index is 0.0871. The molecule has 2 aliphatic heterocycles. The van der Waals surface area contributed by atoms with Gasteiger partial charge >= 0.3 is 0 Å². The fraction of sp³-hybridized carbons (Fsp3) is 0.500. The molecule has 1 N–H and O–H groups in total. The summed E-state index contributed by atoms with van der Waals surface area (Å²) in [6, 6.07) is 7.06. The molecular formula is C20H26N2O4. The molecule has 3 rings (SSSR count). The van der Waals surface area contributed by atoms with Crippen LogP contribution in [0.3, 0.4) is 0 Å². The molecule has 0 bridgehead atoms. The second-order valence-electron chi connectivity index (χ2n) is 7.13. The zero-order valence-electron chi connectivity index (χ0n) is 15.6. The van der Waals surface area contributed by atoms with Crippen LogP contribution in [0.1, 0.15) is 32.3 Å². The van der Waals surface area contributed by atoms with Crippen LogP contribution < -0.4 is 4.74 Å². The summed E-state index contributed by atoms with van der Waals surface area (Å²) in [6.45, 7) is 5.05. The molecule has 140 valence electrons. The molecule has 0 aliphatic carbocycles. The van der Waals surface area contributed by atoms with Crippen LogP contribution in [-0.2, 0) is 9.59 Å². The number of benzene rings is 1. The number of carbonyl (C=O) groups is 2. The van der Waals surface area contributed by atoms with Crippen LogP contribution in [0.15, 0.2) is 30.0 Å². The molecular weight excluding hydrogens is 332 g/mol. The molecule has 26 heavy (non-hydrogen) atoms. The van der Waals surface area contributed by atoms with E-state index in [4.69, 9.17) is 4.74 Å². The van der Waals surface area contributed by atoms with E-state index in [1.165, 1.54) is 4.90 Å². The lowest BCUT2D eigenvalue weighted by atomic mass is 9.96. The molecule has 1 saturated heterocycles. The first kappa shape index (κ1) is 18.5. The van der Waals surface area contributed by atoms with Gasteiger partial charge in [0.2, 0.25) is 0 Å². The first-order chi connectivity index (χ1) is 12.5. The summed E-state index contributed by atoms with van der Waals surface area (Å²) in [5, 5.41) is 9.55. The van der Waals surface area contributed by atoms with E-state index in [1.807, 2.05) is 36.9 Å². The summed E-state index contributed by atoms with van der Waals surface area (Å²) >= 11 is 0. The molecule has 2 heterocycles. The maximum absolute atomic E-state index is 13.1. The third-order valence-electron chi connectivity index (χ3n) is 5.08. The number of likely N-dealkylation sites (tertiary alicyclic amines) is 1. The van der Waals surface area contributed by atoms with Crippen molar-refractivity contribution in [2.45, 2.75) is 32.7 Å². The third kappa shape index (κ3) is 3.09. The maximum Gasteiger partial charge on any atom is 0.278 e. The van der Waals surface area contributed by atoms with Crippen molar-refractivity contribution in [3.63, 3.8) is 0 Å². The molecule has 1 fully saturated rings. The second kappa shape index (κ2) is 7.50. The van der Waals surface area contributed by atoms with Crippen molar-refractivity contribution in [3.8, 4) is 5.75 Å². The number of carbonyl (C=O) groups excluding carboxylic acids is 2. The molecule has 0 radical (unpaired) electrons. The largest absolute Gasteiger partial charge is 0.496 e. The van der Waals surface area contributed by atoms with E-state index in [9.17, 15) is 14.7 Å². The number of aliphatic hydroxyl groups excluding tert-OH is 1. The minimum atomic E-state index is -0.282.